The minimum atomic E-state index is -3.53. The summed E-state index contributed by atoms with van der Waals surface area (Å²) in [5, 5.41) is 5.65. The molecule has 1 aromatic rings. The van der Waals surface area contributed by atoms with E-state index in [1.54, 1.807) is 38.1 Å². The number of hydrogen-bond donors (Lipinski definition) is 3. The summed E-state index contributed by atoms with van der Waals surface area (Å²) in [6, 6.07) is 6.50. The molecule has 0 bridgehead atoms. The molecule has 0 aliphatic heterocycles. The first-order valence-electron chi connectivity index (χ1n) is 10.9. The van der Waals surface area contributed by atoms with Crippen molar-refractivity contribution >= 4 is 19.4 Å². The second-order valence-corrected chi connectivity index (χ2v) is 10.3. The normalized spacial score (nSPS) is 13.3. The Bertz CT molecular complexity index is 721. The molecule has 1 rings (SSSR count). The van der Waals surface area contributed by atoms with Crippen LogP contribution >= 0.6 is 7.60 Å². The smallest absolute Gasteiger partial charge is 0.330 e. The van der Waals surface area contributed by atoms with Gasteiger partial charge in [0.05, 0.1) is 18.4 Å². The average Bonchev–Trinajstić information content (AvgIpc) is 2.72. The number of carbonyl (C=O) groups is 2. The Balaban J connectivity index is 2.25. The molecule has 0 aliphatic carbocycles. The summed E-state index contributed by atoms with van der Waals surface area (Å²) in [7, 11) is -3.53. The van der Waals surface area contributed by atoms with Crippen LogP contribution in [0.3, 0.4) is 0 Å². The molecule has 0 heterocycles. The number of amides is 2. The van der Waals surface area contributed by atoms with Gasteiger partial charge in [-0.1, -0.05) is 13.8 Å². The van der Waals surface area contributed by atoms with Crippen LogP contribution in [0.2, 0.25) is 0 Å². The zero-order valence-corrected chi connectivity index (χ0v) is 20.0. The molecule has 0 saturated carbocycles. The highest BCUT2D eigenvalue weighted by atomic mass is 31.2. The summed E-state index contributed by atoms with van der Waals surface area (Å²) < 4.78 is 22.2. The summed E-state index contributed by atoms with van der Waals surface area (Å²) >= 11 is 0. The number of benzene rings is 1. The molecule has 0 radical (unpaired) electrons. The topological polar surface area (TPSA) is 114 Å². The van der Waals surface area contributed by atoms with Crippen LogP contribution in [0.1, 0.15) is 74.1 Å². The molecule has 0 aliphatic rings. The van der Waals surface area contributed by atoms with Crippen LogP contribution in [-0.4, -0.2) is 54.8 Å². The molecule has 8 nitrogen and oxygen atoms in total. The number of nitrogens with one attached hydrogen (secondary N) is 2. The molecule has 3 N–H and O–H groups in total. The molecule has 0 saturated heterocycles. The summed E-state index contributed by atoms with van der Waals surface area (Å²) in [5.74, 6) is -0.396. The first kappa shape index (κ1) is 27.3. The van der Waals surface area contributed by atoms with E-state index < -0.39 is 13.3 Å². The molecule has 1 atom stereocenters. The Morgan fingerprint density at radius 1 is 0.871 bits per heavy atom. The van der Waals surface area contributed by atoms with Crippen molar-refractivity contribution in [3.63, 3.8) is 0 Å². The highest BCUT2D eigenvalue weighted by Gasteiger charge is 2.23. The summed E-state index contributed by atoms with van der Waals surface area (Å²) in [6.07, 6.45) is 3.15. The van der Waals surface area contributed by atoms with E-state index in [0.29, 0.717) is 43.7 Å². The monoisotopic (exact) mass is 456 g/mol. The molecule has 31 heavy (non-hydrogen) atoms. The Morgan fingerprint density at radius 3 is 1.74 bits per heavy atom. The van der Waals surface area contributed by atoms with Crippen molar-refractivity contribution in [2.75, 3.05) is 26.3 Å². The lowest BCUT2D eigenvalue weighted by molar-refractivity contribution is 0.0754. The van der Waals surface area contributed by atoms with Gasteiger partial charge in [0.2, 0.25) is 0 Å². The van der Waals surface area contributed by atoms with Gasteiger partial charge in [0.1, 0.15) is 0 Å². The van der Waals surface area contributed by atoms with Gasteiger partial charge in [0, 0.05) is 30.8 Å². The van der Waals surface area contributed by atoms with E-state index in [2.05, 4.69) is 10.6 Å². The fraction of sp³-hybridized carbons (Fsp3) is 0.636. The maximum Gasteiger partial charge on any atom is 0.330 e. The molecule has 0 spiro atoms. The standard InChI is InChI=1S/C22H37N2O6P/c1-17(2)29-15-7-5-13-23-21(25)19-9-11-20(12-10-19)22(26)24-14-6-8-16-30-31(27,28)18(3)4/h9-12,17-18H,5-8,13-16H2,1-4H3,(H,23,25)(H,24,26)(H,27,28). The van der Waals surface area contributed by atoms with Gasteiger partial charge in [-0.2, -0.15) is 0 Å². The molecule has 0 aromatic heterocycles. The van der Waals surface area contributed by atoms with Gasteiger partial charge in [-0.05, 0) is 63.8 Å². The summed E-state index contributed by atoms with van der Waals surface area (Å²) in [4.78, 5) is 33.9. The van der Waals surface area contributed by atoms with Gasteiger partial charge >= 0.3 is 7.60 Å². The number of hydrogen-bond acceptors (Lipinski definition) is 5. The lowest BCUT2D eigenvalue weighted by Crippen LogP contribution is -2.26. The molecule has 176 valence electrons. The third kappa shape index (κ3) is 11.5. The maximum atomic E-state index is 12.2. The third-order valence-electron chi connectivity index (χ3n) is 4.50. The van der Waals surface area contributed by atoms with Crippen molar-refractivity contribution in [2.24, 2.45) is 0 Å². The Hall–Kier alpha value is -1.73. The minimum Gasteiger partial charge on any atom is -0.379 e. The van der Waals surface area contributed by atoms with Crippen LogP contribution in [0.4, 0.5) is 0 Å². The predicted octanol–water partition coefficient (Wildman–Crippen LogP) is 3.74. The van der Waals surface area contributed by atoms with E-state index in [9.17, 15) is 19.0 Å². The van der Waals surface area contributed by atoms with E-state index in [-0.39, 0.29) is 24.5 Å². The highest BCUT2D eigenvalue weighted by Crippen LogP contribution is 2.46. The number of ether oxygens (including phenoxy) is 1. The Morgan fingerprint density at radius 2 is 1.32 bits per heavy atom. The number of rotatable bonds is 15. The van der Waals surface area contributed by atoms with Crippen LogP contribution in [0, 0.1) is 0 Å². The van der Waals surface area contributed by atoms with Crippen molar-refractivity contribution in [1.29, 1.82) is 0 Å². The van der Waals surface area contributed by atoms with Crippen LogP contribution in [-0.2, 0) is 13.8 Å². The fourth-order valence-corrected chi connectivity index (χ4v) is 3.19. The van der Waals surface area contributed by atoms with Gasteiger partial charge < -0.3 is 24.8 Å². The van der Waals surface area contributed by atoms with Crippen molar-refractivity contribution in [3.8, 4) is 0 Å². The fourth-order valence-electron chi connectivity index (χ4n) is 2.50. The molecule has 0 fully saturated rings. The van der Waals surface area contributed by atoms with E-state index >= 15 is 0 Å². The van der Waals surface area contributed by atoms with Gasteiger partial charge in [0.15, 0.2) is 0 Å². The van der Waals surface area contributed by atoms with Crippen molar-refractivity contribution in [2.45, 2.75) is 65.1 Å². The SMILES string of the molecule is CC(C)OCCCCNC(=O)c1ccc(C(=O)NCCCCOP(=O)(O)C(C)C)cc1. The van der Waals surface area contributed by atoms with Crippen LogP contribution < -0.4 is 10.6 Å². The molecule has 2 amide bonds. The van der Waals surface area contributed by atoms with Crippen molar-refractivity contribution < 1.29 is 28.3 Å². The molecular weight excluding hydrogens is 419 g/mol. The molecule has 1 aromatic carbocycles. The lowest BCUT2D eigenvalue weighted by Gasteiger charge is -2.15. The average molecular weight is 457 g/mol. The van der Waals surface area contributed by atoms with Crippen molar-refractivity contribution in [1.82, 2.24) is 10.6 Å². The Kier molecular flexibility index (Phi) is 12.6. The van der Waals surface area contributed by atoms with Gasteiger partial charge in [-0.3, -0.25) is 14.2 Å². The number of carbonyl (C=O) groups excluding carboxylic acids is 2. The lowest BCUT2D eigenvalue weighted by atomic mass is 10.1. The quantitative estimate of drug-likeness (QED) is 0.274. The molecule has 1 unspecified atom stereocenters. The molecule has 9 heteroatoms. The highest BCUT2D eigenvalue weighted by molar-refractivity contribution is 7.53. The second kappa shape index (κ2) is 14.4. The van der Waals surface area contributed by atoms with Crippen molar-refractivity contribution in [3.05, 3.63) is 35.4 Å². The zero-order valence-electron chi connectivity index (χ0n) is 19.1. The van der Waals surface area contributed by atoms with Crippen LogP contribution in [0.25, 0.3) is 0 Å². The van der Waals surface area contributed by atoms with Gasteiger partial charge in [-0.25, -0.2) is 0 Å². The van der Waals surface area contributed by atoms with Gasteiger partial charge in [-0.15, -0.1) is 0 Å². The summed E-state index contributed by atoms with van der Waals surface area (Å²) in [5.41, 5.74) is 0.547. The van der Waals surface area contributed by atoms with E-state index in [0.717, 1.165) is 12.8 Å². The number of unbranched alkanes of at least 4 members (excludes halogenated alkanes) is 2. The van der Waals surface area contributed by atoms with E-state index in [4.69, 9.17) is 9.26 Å². The third-order valence-corrected chi connectivity index (χ3v) is 6.36. The maximum absolute atomic E-state index is 12.2. The summed E-state index contributed by atoms with van der Waals surface area (Å²) in [6.45, 7) is 9.14. The first-order valence-corrected chi connectivity index (χ1v) is 12.5. The largest absolute Gasteiger partial charge is 0.379 e. The molecular formula is C22H37N2O6P. The van der Waals surface area contributed by atoms with E-state index in [1.807, 2.05) is 13.8 Å². The second-order valence-electron chi connectivity index (χ2n) is 7.91. The zero-order chi connectivity index (χ0) is 23.3. The van der Waals surface area contributed by atoms with Crippen LogP contribution in [0.15, 0.2) is 24.3 Å². The predicted molar refractivity (Wildman–Crippen MR) is 122 cm³/mol. The minimum absolute atomic E-state index is 0.167. The van der Waals surface area contributed by atoms with Crippen LogP contribution in [0.5, 0.6) is 0 Å². The van der Waals surface area contributed by atoms with Gasteiger partial charge in [0.25, 0.3) is 11.8 Å². The first-order chi connectivity index (χ1) is 14.6. The van der Waals surface area contributed by atoms with E-state index in [1.165, 1.54) is 0 Å². The Labute approximate surface area is 185 Å².